The fourth-order valence-corrected chi connectivity index (χ4v) is 2.10. The molecule has 104 valence electrons. The van der Waals surface area contributed by atoms with Gasteiger partial charge in [0, 0.05) is 11.3 Å². The second-order valence-corrected chi connectivity index (χ2v) is 4.78. The van der Waals surface area contributed by atoms with Crippen molar-refractivity contribution >= 4 is 11.6 Å². The Hall–Kier alpha value is -2.29. The number of methoxy groups -OCH3 is 1. The first kappa shape index (κ1) is 14.1. The maximum atomic E-state index is 12.1. The minimum Gasteiger partial charge on any atom is -0.496 e. The van der Waals surface area contributed by atoms with E-state index in [1.54, 1.807) is 7.11 Å². The zero-order chi connectivity index (χ0) is 14.5. The van der Waals surface area contributed by atoms with Gasteiger partial charge in [-0.1, -0.05) is 30.3 Å². The number of hydrogen-bond acceptors (Lipinski definition) is 2. The van der Waals surface area contributed by atoms with E-state index in [0.29, 0.717) is 6.42 Å². The minimum atomic E-state index is -0.0387. The standard InChI is InChI=1S/C17H19NO2/c1-12-7-6-9-15(13(12)2)18-17(19)11-14-8-4-5-10-16(14)20-3/h4-10H,11H2,1-3H3,(H,18,19). The van der Waals surface area contributed by atoms with Crippen molar-refractivity contribution in [3.05, 3.63) is 59.2 Å². The topological polar surface area (TPSA) is 38.3 Å². The molecule has 0 unspecified atom stereocenters. The number of ether oxygens (including phenoxy) is 1. The lowest BCUT2D eigenvalue weighted by atomic mass is 10.1. The third kappa shape index (κ3) is 3.18. The summed E-state index contributed by atoms with van der Waals surface area (Å²) in [7, 11) is 1.61. The number of hydrogen-bond donors (Lipinski definition) is 1. The number of anilines is 1. The number of amides is 1. The van der Waals surface area contributed by atoms with Gasteiger partial charge in [-0.05, 0) is 37.1 Å². The first-order valence-corrected chi connectivity index (χ1v) is 6.59. The van der Waals surface area contributed by atoms with Crippen molar-refractivity contribution in [3.8, 4) is 5.75 Å². The molecule has 0 aliphatic carbocycles. The van der Waals surface area contributed by atoms with Crippen LogP contribution in [0.15, 0.2) is 42.5 Å². The van der Waals surface area contributed by atoms with Crippen molar-refractivity contribution in [2.24, 2.45) is 0 Å². The molecule has 0 saturated carbocycles. The maximum absolute atomic E-state index is 12.1. The van der Waals surface area contributed by atoms with Crippen molar-refractivity contribution < 1.29 is 9.53 Å². The van der Waals surface area contributed by atoms with Gasteiger partial charge >= 0.3 is 0 Å². The maximum Gasteiger partial charge on any atom is 0.228 e. The lowest BCUT2D eigenvalue weighted by molar-refractivity contribution is -0.115. The van der Waals surface area contributed by atoms with E-state index in [-0.39, 0.29) is 5.91 Å². The zero-order valence-electron chi connectivity index (χ0n) is 12.1. The molecular formula is C17H19NO2. The predicted octanol–water partition coefficient (Wildman–Crippen LogP) is 3.49. The van der Waals surface area contributed by atoms with Gasteiger partial charge in [0.2, 0.25) is 5.91 Å². The number of para-hydroxylation sites is 1. The molecule has 1 N–H and O–H groups in total. The Balaban J connectivity index is 2.11. The summed E-state index contributed by atoms with van der Waals surface area (Å²) >= 11 is 0. The molecule has 0 aromatic heterocycles. The second kappa shape index (κ2) is 6.24. The molecule has 2 aromatic carbocycles. The first-order chi connectivity index (χ1) is 9.61. The second-order valence-electron chi connectivity index (χ2n) is 4.78. The number of nitrogens with one attached hydrogen (secondary N) is 1. The van der Waals surface area contributed by atoms with E-state index in [2.05, 4.69) is 5.32 Å². The highest BCUT2D eigenvalue weighted by molar-refractivity contribution is 5.93. The van der Waals surface area contributed by atoms with Crippen LogP contribution in [0.4, 0.5) is 5.69 Å². The molecular weight excluding hydrogens is 250 g/mol. The Morgan fingerprint density at radius 3 is 2.60 bits per heavy atom. The Labute approximate surface area is 119 Å². The van der Waals surface area contributed by atoms with Gasteiger partial charge in [-0.2, -0.15) is 0 Å². The summed E-state index contributed by atoms with van der Waals surface area (Å²) in [4.78, 5) is 12.1. The van der Waals surface area contributed by atoms with E-state index in [0.717, 1.165) is 22.6 Å². The van der Waals surface area contributed by atoms with Crippen molar-refractivity contribution in [2.75, 3.05) is 12.4 Å². The summed E-state index contributed by atoms with van der Waals surface area (Å²) in [5.41, 5.74) is 4.02. The van der Waals surface area contributed by atoms with Crippen LogP contribution in [-0.2, 0) is 11.2 Å². The van der Waals surface area contributed by atoms with Gasteiger partial charge in [0.15, 0.2) is 0 Å². The van der Waals surface area contributed by atoms with Crippen molar-refractivity contribution in [1.82, 2.24) is 0 Å². The van der Waals surface area contributed by atoms with Crippen LogP contribution in [0, 0.1) is 13.8 Å². The highest BCUT2D eigenvalue weighted by atomic mass is 16.5. The number of carbonyl (C=O) groups is 1. The van der Waals surface area contributed by atoms with Crippen LogP contribution in [0.25, 0.3) is 0 Å². The van der Waals surface area contributed by atoms with E-state index in [1.807, 2.05) is 56.3 Å². The summed E-state index contributed by atoms with van der Waals surface area (Å²) in [5.74, 6) is 0.701. The van der Waals surface area contributed by atoms with Gasteiger partial charge in [0.05, 0.1) is 13.5 Å². The van der Waals surface area contributed by atoms with Crippen LogP contribution in [-0.4, -0.2) is 13.0 Å². The molecule has 20 heavy (non-hydrogen) atoms. The predicted molar refractivity (Wildman–Crippen MR) is 81.2 cm³/mol. The third-order valence-electron chi connectivity index (χ3n) is 3.42. The van der Waals surface area contributed by atoms with Gasteiger partial charge in [-0.15, -0.1) is 0 Å². The Bertz CT molecular complexity index is 620. The van der Waals surface area contributed by atoms with Gasteiger partial charge in [0.25, 0.3) is 0 Å². The van der Waals surface area contributed by atoms with E-state index in [4.69, 9.17) is 4.74 Å². The number of carbonyl (C=O) groups excluding carboxylic acids is 1. The highest BCUT2D eigenvalue weighted by Gasteiger charge is 2.10. The third-order valence-corrected chi connectivity index (χ3v) is 3.42. The number of aryl methyl sites for hydroxylation is 1. The van der Waals surface area contributed by atoms with Crippen LogP contribution in [0.2, 0.25) is 0 Å². The van der Waals surface area contributed by atoms with E-state index >= 15 is 0 Å². The lowest BCUT2D eigenvalue weighted by Gasteiger charge is -2.11. The molecule has 1 amide bonds. The molecule has 2 aromatic rings. The van der Waals surface area contributed by atoms with Crippen LogP contribution in [0.3, 0.4) is 0 Å². The average molecular weight is 269 g/mol. The normalized spacial score (nSPS) is 10.2. The van der Waals surface area contributed by atoms with Crippen molar-refractivity contribution in [3.63, 3.8) is 0 Å². The van der Waals surface area contributed by atoms with Gasteiger partial charge < -0.3 is 10.1 Å². The quantitative estimate of drug-likeness (QED) is 0.922. The van der Waals surface area contributed by atoms with Crippen LogP contribution in [0.5, 0.6) is 5.75 Å². The molecule has 0 aliphatic rings. The largest absolute Gasteiger partial charge is 0.496 e. The molecule has 0 saturated heterocycles. The van der Waals surface area contributed by atoms with Gasteiger partial charge in [-0.3, -0.25) is 4.79 Å². The van der Waals surface area contributed by atoms with Crippen molar-refractivity contribution in [2.45, 2.75) is 20.3 Å². The minimum absolute atomic E-state index is 0.0387. The molecule has 0 spiro atoms. The molecule has 3 nitrogen and oxygen atoms in total. The van der Waals surface area contributed by atoms with E-state index in [1.165, 1.54) is 5.56 Å². The molecule has 0 bridgehead atoms. The summed E-state index contributed by atoms with van der Waals surface area (Å²) in [5, 5.41) is 2.96. The lowest BCUT2D eigenvalue weighted by Crippen LogP contribution is -2.15. The Morgan fingerprint density at radius 1 is 1.10 bits per heavy atom. The fourth-order valence-electron chi connectivity index (χ4n) is 2.10. The molecule has 2 rings (SSSR count). The molecule has 0 heterocycles. The van der Waals surface area contributed by atoms with E-state index < -0.39 is 0 Å². The first-order valence-electron chi connectivity index (χ1n) is 6.59. The molecule has 3 heteroatoms. The average Bonchev–Trinajstić information content (AvgIpc) is 2.44. The van der Waals surface area contributed by atoms with Crippen LogP contribution >= 0.6 is 0 Å². The van der Waals surface area contributed by atoms with Gasteiger partial charge in [0.1, 0.15) is 5.75 Å². The molecule has 0 atom stereocenters. The summed E-state index contributed by atoms with van der Waals surface area (Å²) in [6.07, 6.45) is 0.303. The monoisotopic (exact) mass is 269 g/mol. The summed E-state index contributed by atoms with van der Waals surface area (Å²) in [6, 6.07) is 13.5. The molecule has 0 aliphatic heterocycles. The van der Waals surface area contributed by atoms with Gasteiger partial charge in [-0.25, -0.2) is 0 Å². The zero-order valence-corrected chi connectivity index (χ0v) is 12.1. The fraction of sp³-hybridized carbons (Fsp3) is 0.235. The summed E-state index contributed by atoms with van der Waals surface area (Å²) in [6.45, 7) is 4.04. The highest BCUT2D eigenvalue weighted by Crippen LogP contribution is 2.20. The Kier molecular flexibility index (Phi) is 4.41. The number of rotatable bonds is 4. The Morgan fingerprint density at radius 2 is 1.85 bits per heavy atom. The molecule has 0 fully saturated rings. The van der Waals surface area contributed by atoms with E-state index in [9.17, 15) is 4.79 Å². The molecule has 0 radical (unpaired) electrons. The smallest absolute Gasteiger partial charge is 0.228 e. The van der Waals surface area contributed by atoms with Crippen LogP contribution < -0.4 is 10.1 Å². The van der Waals surface area contributed by atoms with Crippen molar-refractivity contribution in [1.29, 1.82) is 0 Å². The number of benzene rings is 2. The summed E-state index contributed by atoms with van der Waals surface area (Å²) < 4.78 is 5.26. The SMILES string of the molecule is COc1ccccc1CC(=O)Nc1cccc(C)c1C. The van der Waals surface area contributed by atoms with Crippen LogP contribution in [0.1, 0.15) is 16.7 Å².